The monoisotopic (exact) mass is 281 g/mol. The van der Waals surface area contributed by atoms with E-state index in [4.69, 9.17) is 15.0 Å². The Morgan fingerprint density at radius 3 is 2.40 bits per heavy atom. The highest BCUT2D eigenvalue weighted by molar-refractivity contribution is 5.10. The van der Waals surface area contributed by atoms with Crippen molar-refractivity contribution in [1.82, 2.24) is 10.1 Å². The molecular weight excluding hydrogens is 254 g/mol. The zero-order chi connectivity index (χ0) is 14.6. The highest BCUT2D eigenvalue weighted by atomic mass is 16.5. The summed E-state index contributed by atoms with van der Waals surface area (Å²) in [7, 11) is 1.75. The quantitative estimate of drug-likeness (QED) is 0.867. The van der Waals surface area contributed by atoms with Crippen molar-refractivity contribution in [2.75, 3.05) is 13.7 Å². The van der Waals surface area contributed by atoms with Gasteiger partial charge in [0.15, 0.2) is 0 Å². The molecule has 5 nitrogen and oxygen atoms in total. The minimum absolute atomic E-state index is 0.200. The molecule has 20 heavy (non-hydrogen) atoms. The van der Waals surface area contributed by atoms with Crippen LogP contribution in [-0.4, -0.2) is 23.8 Å². The summed E-state index contributed by atoms with van der Waals surface area (Å²) in [6.45, 7) is 4.77. The molecule has 2 N–H and O–H groups in total. The molecule has 114 valence electrons. The molecule has 5 heteroatoms. The number of hydrogen-bond donors (Lipinski definition) is 1. The van der Waals surface area contributed by atoms with Gasteiger partial charge in [-0.15, -0.1) is 0 Å². The van der Waals surface area contributed by atoms with E-state index in [1.165, 1.54) is 6.42 Å². The largest absolute Gasteiger partial charge is 0.370 e. The summed E-state index contributed by atoms with van der Waals surface area (Å²) >= 11 is 0. The molecule has 1 saturated carbocycles. The standard InChI is InChI=1S/C15H27N3O2/c1-4-14(5-2,11-16)13-17-12(18-20-13)15(19-3)9-7-6-8-10-15/h4-11,16H2,1-3H3. The molecule has 0 atom stereocenters. The molecule has 1 aliphatic carbocycles. The van der Waals surface area contributed by atoms with E-state index in [2.05, 4.69) is 24.0 Å². The van der Waals surface area contributed by atoms with Gasteiger partial charge in [-0.25, -0.2) is 0 Å². The van der Waals surface area contributed by atoms with Crippen molar-refractivity contribution in [3.8, 4) is 0 Å². The topological polar surface area (TPSA) is 74.2 Å². The van der Waals surface area contributed by atoms with Crippen LogP contribution in [0.5, 0.6) is 0 Å². The van der Waals surface area contributed by atoms with E-state index >= 15 is 0 Å². The van der Waals surface area contributed by atoms with Gasteiger partial charge in [0.25, 0.3) is 0 Å². The van der Waals surface area contributed by atoms with Crippen LogP contribution in [0.1, 0.15) is 70.5 Å². The summed E-state index contributed by atoms with van der Waals surface area (Å²) in [6, 6.07) is 0. The number of aromatic nitrogens is 2. The molecule has 0 spiro atoms. The molecule has 0 radical (unpaired) electrons. The van der Waals surface area contributed by atoms with E-state index in [1.54, 1.807) is 7.11 Å². The number of nitrogens with zero attached hydrogens (tertiary/aromatic N) is 2. The lowest BCUT2D eigenvalue weighted by atomic mass is 9.81. The Morgan fingerprint density at radius 1 is 1.25 bits per heavy atom. The molecular formula is C15H27N3O2. The minimum atomic E-state index is -0.359. The van der Waals surface area contributed by atoms with Crippen LogP contribution in [0.25, 0.3) is 0 Å². The van der Waals surface area contributed by atoms with Crippen molar-refractivity contribution in [1.29, 1.82) is 0 Å². The van der Waals surface area contributed by atoms with Gasteiger partial charge in [0.1, 0.15) is 5.60 Å². The molecule has 0 unspecified atom stereocenters. The highest BCUT2D eigenvalue weighted by Crippen LogP contribution is 2.39. The lowest BCUT2D eigenvalue weighted by Crippen LogP contribution is -2.35. The van der Waals surface area contributed by atoms with Gasteiger partial charge < -0.3 is 15.0 Å². The second-order valence-corrected chi connectivity index (χ2v) is 5.87. The number of methoxy groups -OCH3 is 1. The highest BCUT2D eigenvalue weighted by Gasteiger charge is 2.41. The molecule has 0 saturated heterocycles. The summed E-state index contributed by atoms with van der Waals surface area (Å²) < 4.78 is 11.3. The average Bonchev–Trinajstić information content (AvgIpc) is 3.01. The fourth-order valence-corrected chi connectivity index (χ4v) is 3.19. The maximum atomic E-state index is 5.95. The third-order valence-corrected chi connectivity index (χ3v) is 5.08. The zero-order valence-corrected chi connectivity index (χ0v) is 12.9. The van der Waals surface area contributed by atoms with Crippen LogP contribution in [0.3, 0.4) is 0 Å². The Balaban J connectivity index is 2.31. The molecule has 1 fully saturated rings. The third-order valence-electron chi connectivity index (χ3n) is 5.08. The summed E-state index contributed by atoms with van der Waals surface area (Å²) in [4.78, 5) is 4.68. The Morgan fingerprint density at radius 2 is 1.90 bits per heavy atom. The van der Waals surface area contributed by atoms with Crippen molar-refractivity contribution < 1.29 is 9.26 Å². The van der Waals surface area contributed by atoms with Crippen LogP contribution in [0.15, 0.2) is 4.52 Å². The van der Waals surface area contributed by atoms with Gasteiger partial charge in [-0.1, -0.05) is 38.3 Å². The van der Waals surface area contributed by atoms with Crippen LogP contribution >= 0.6 is 0 Å². The van der Waals surface area contributed by atoms with Gasteiger partial charge in [0.2, 0.25) is 11.7 Å². The normalized spacial score (nSPS) is 19.2. The first-order valence-electron chi connectivity index (χ1n) is 7.76. The lowest BCUT2D eigenvalue weighted by Gasteiger charge is -2.33. The third kappa shape index (κ3) is 2.49. The van der Waals surface area contributed by atoms with E-state index in [0.29, 0.717) is 18.3 Å². The van der Waals surface area contributed by atoms with Crippen molar-refractivity contribution in [2.45, 2.75) is 69.8 Å². The second kappa shape index (κ2) is 6.22. The fraction of sp³-hybridized carbons (Fsp3) is 0.867. The van der Waals surface area contributed by atoms with Crippen LogP contribution in [-0.2, 0) is 15.8 Å². The number of nitrogens with two attached hydrogens (primary N) is 1. The molecule has 1 aromatic heterocycles. The molecule has 0 amide bonds. The van der Waals surface area contributed by atoms with Gasteiger partial charge in [-0.2, -0.15) is 4.98 Å². The Kier molecular flexibility index (Phi) is 4.81. The molecule has 0 aliphatic heterocycles. The molecule has 0 bridgehead atoms. The summed E-state index contributed by atoms with van der Waals surface area (Å²) in [5, 5.41) is 4.23. The van der Waals surface area contributed by atoms with Gasteiger partial charge in [0.05, 0.1) is 5.41 Å². The lowest BCUT2D eigenvalue weighted by molar-refractivity contribution is -0.0527. The SMILES string of the molecule is CCC(CC)(CN)c1nc(C2(OC)CCCCC2)no1. The van der Waals surface area contributed by atoms with Crippen molar-refractivity contribution in [3.05, 3.63) is 11.7 Å². The van der Waals surface area contributed by atoms with Crippen LogP contribution in [0, 0.1) is 0 Å². The second-order valence-electron chi connectivity index (χ2n) is 5.87. The minimum Gasteiger partial charge on any atom is -0.370 e. The van der Waals surface area contributed by atoms with E-state index in [1.807, 2.05) is 0 Å². The van der Waals surface area contributed by atoms with E-state index in [0.717, 1.165) is 38.5 Å². The predicted octanol–water partition coefficient (Wildman–Crippen LogP) is 2.89. The fourth-order valence-electron chi connectivity index (χ4n) is 3.19. The first-order chi connectivity index (χ1) is 9.66. The van der Waals surface area contributed by atoms with Gasteiger partial charge in [0, 0.05) is 13.7 Å². The van der Waals surface area contributed by atoms with Gasteiger partial charge >= 0.3 is 0 Å². The molecule has 2 rings (SSSR count). The molecule has 1 aromatic rings. The van der Waals surface area contributed by atoms with Crippen molar-refractivity contribution in [2.24, 2.45) is 5.73 Å². The summed E-state index contributed by atoms with van der Waals surface area (Å²) in [5.41, 5.74) is 5.40. The average molecular weight is 281 g/mol. The van der Waals surface area contributed by atoms with E-state index in [-0.39, 0.29) is 11.0 Å². The summed E-state index contributed by atoms with van der Waals surface area (Å²) in [6.07, 6.45) is 7.31. The van der Waals surface area contributed by atoms with Crippen LogP contribution in [0.4, 0.5) is 0 Å². The first kappa shape index (κ1) is 15.4. The maximum Gasteiger partial charge on any atom is 0.234 e. The smallest absolute Gasteiger partial charge is 0.234 e. The van der Waals surface area contributed by atoms with Crippen LogP contribution in [0.2, 0.25) is 0 Å². The number of ether oxygens (including phenoxy) is 1. The van der Waals surface area contributed by atoms with Gasteiger partial charge in [-0.05, 0) is 25.7 Å². The summed E-state index contributed by atoms with van der Waals surface area (Å²) in [5.74, 6) is 1.37. The first-order valence-corrected chi connectivity index (χ1v) is 7.76. The molecule has 1 aliphatic rings. The van der Waals surface area contributed by atoms with Crippen LogP contribution < -0.4 is 5.73 Å². The predicted molar refractivity (Wildman–Crippen MR) is 77.4 cm³/mol. The number of rotatable bonds is 6. The Labute approximate surface area is 121 Å². The number of hydrogen-bond acceptors (Lipinski definition) is 5. The van der Waals surface area contributed by atoms with Crippen molar-refractivity contribution >= 4 is 0 Å². The molecule has 1 heterocycles. The Hall–Kier alpha value is -0.940. The van der Waals surface area contributed by atoms with Gasteiger partial charge in [-0.3, -0.25) is 0 Å². The van der Waals surface area contributed by atoms with E-state index in [9.17, 15) is 0 Å². The zero-order valence-electron chi connectivity index (χ0n) is 12.9. The maximum absolute atomic E-state index is 5.95. The Bertz CT molecular complexity index is 412. The van der Waals surface area contributed by atoms with Crippen molar-refractivity contribution in [3.63, 3.8) is 0 Å². The van der Waals surface area contributed by atoms with E-state index < -0.39 is 0 Å². The molecule has 0 aromatic carbocycles.